The summed E-state index contributed by atoms with van der Waals surface area (Å²) in [6.45, 7) is 8.42. The smallest absolute Gasteiger partial charge is 0.106 e. The fourth-order valence-electron chi connectivity index (χ4n) is 1.36. The highest BCUT2D eigenvalue weighted by molar-refractivity contribution is 4.72. The van der Waals surface area contributed by atoms with E-state index in [0.29, 0.717) is 6.42 Å². The highest BCUT2D eigenvalue weighted by atomic mass is 19.1. The normalized spacial score (nSPS) is 21.2. The lowest BCUT2D eigenvalue weighted by molar-refractivity contribution is 0.153. The van der Waals surface area contributed by atoms with Gasteiger partial charge in [0.05, 0.1) is 0 Å². The van der Waals surface area contributed by atoms with Gasteiger partial charge in [-0.3, -0.25) is 0 Å². The van der Waals surface area contributed by atoms with Gasteiger partial charge in [0.25, 0.3) is 0 Å². The number of hydrogen-bond donors (Lipinski definition) is 1. The zero-order valence-electron chi connectivity index (χ0n) is 8.07. The lowest BCUT2D eigenvalue weighted by atomic mass is 10.1. The molecular formula is C9H19FN2. The Bertz CT molecular complexity index is 125. The Morgan fingerprint density at radius 3 is 2.42 bits per heavy atom. The molecule has 1 aliphatic heterocycles. The van der Waals surface area contributed by atoms with Crippen molar-refractivity contribution >= 4 is 0 Å². The molecule has 1 heterocycles. The molecule has 0 aromatic heterocycles. The van der Waals surface area contributed by atoms with Crippen molar-refractivity contribution in [3.63, 3.8) is 0 Å². The summed E-state index contributed by atoms with van der Waals surface area (Å²) in [6.07, 6.45) is 0.646. The van der Waals surface area contributed by atoms with E-state index in [1.54, 1.807) is 13.8 Å². The summed E-state index contributed by atoms with van der Waals surface area (Å²) < 4.78 is 13.1. The van der Waals surface area contributed by atoms with E-state index in [4.69, 9.17) is 0 Å². The minimum atomic E-state index is -1.01. The van der Waals surface area contributed by atoms with Crippen molar-refractivity contribution < 1.29 is 4.39 Å². The molecule has 0 unspecified atom stereocenters. The van der Waals surface area contributed by atoms with E-state index in [1.807, 2.05) is 0 Å². The third-order valence-electron chi connectivity index (χ3n) is 2.23. The van der Waals surface area contributed by atoms with Crippen LogP contribution in [0.15, 0.2) is 0 Å². The average molecular weight is 174 g/mol. The Hall–Kier alpha value is -0.150. The molecule has 1 fully saturated rings. The van der Waals surface area contributed by atoms with Crippen LogP contribution in [-0.2, 0) is 0 Å². The molecule has 0 radical (unpaired) electrons. The number of hydrogen-bond acceptors (Lipinski definition) is 2. The monoisotopic (exact) mass is 174 g/mol. The molecule has 72 valence electrons. The molecule has 2 nitrogen and oxygen atoms in total. The quantitative estimate of drug-likeness (QED) is 0.687. The zero-order chi connectivity index (χ0) is 9.03. The molecule has 12 heavy (non-hydrogen) atoms. The van der Waals surface area contributed by atoms with Gasteiger partial charge in [0, 0.05) is 32.7 Å². The van der Waals surface area contributed by atoms with Crippen LogP contribution in [0.5, 0.6) is 0 Å². The zero-order valence-corrected chi connectivity index (χ0v) is 8.07. The van der Waals surface area contributed by atoms with E-state index in [9.17, 15) is 4.39 Å². The molecule has 0 spiro atoms. The van der Waals surface area contributed by atoms with Crippen LogP contribution < -0.4 is 5.32 Å². The topological polar surface area (TPSA) is 15.3 Å². The van der Waals surface area contributed by atoms with Crippen LogP contribution in [0.4, 0.5) is 4.39 Å². The van der Waals surface area contributed by atoms with Gasteiger partial charge in [0.2, 0.25) is 0 Å². The predicted molar refractivity (Wildman–Crippen MR) is 49.1 cm³/mol. The van der Waals surface area contributed by atoms with Gasteiger partial charge >= 0.3 is 0 Å². The first kappa shape index (κ1) is 9.93. The van der Waals surface area contributed by atoms with E-state index in [1.165, 1.54) is 0 Å². The summed E-state index contributed by atoms with van der Waals surface area (Å²) >= 11 is 0. The molecule has 0 atom stereocenters. The maximum Gasteiger partial charge on any atom is 0.106 e. The Morgan fingerprint density at radius 1 is 1.33 bits per heavy atom. The van der Waals surface area contributed by atoms with E-state index in [0.717, 1.165) is 32.7 Å². The molecule has 0 amide bonds. The molecule has 0 saturated carbocycles. The Balaban J connectivity index is 2.13. The van der Waals surface area contributed by atoms with Gasteiger partial charge in [-0.15, -0.1) is 0 Å². The van der Waals surface area contributed by atoms with E-state index < -0.39 is 5.67 Å². The van der Waals surface area contributed by atoms with Crippen LogP contribution in [-0.4, -0.2) is 43.3 Å². The molecule has 0 bridgehead atoms. The second kappa shape index (κ2) is 4.19. The largest absolute Gasteiger partial charge is 0.314 e. The number of nitrogens with zero attached hydrogens (tertiary/aromatic N) is 1. The minimum Gasteiger partial charge on any atom is -0.314 e. The standard InChI is InChI=1S/C9H19FN2/c1-9(2,10)3-6-12-7-4-11-5-8-12/h11H,3-8H2,1-2H3. The van der Waals surface area contributed by atoms with E-state index in [2.05, 4.69) is 10.2 Å². The van der Waals surface area contributed by atoms with Crippen LogP contribution in [0.2, 0.25) is 0 Å². The van der Waals surface area contributed by atoms with Crippen molar-refractivity contribution in [1.82, 2.24) is 10.2 Å². The van der Waals surface area contributed by atoms with Crippen LogP contribution in [0.3, 0.4) is 0 Å². The van der Waals surface area contributed by atoms with E-state index in [-0.39, 0.29) is 0 Å². The fourth-order valence-corrected chi connectivity index (χ4v) is 1.36. The number of halogens is 1. The minimum absolute atomic E-state index is 0.646. The predicted octanol–water partition coefficient (Wildman–Crippen LogP) is 1.03. The molecular weight excluding hydrogens is 155 g/mol. The van der Waals surface area contributed by atoms with Gasteiger partial charge in [-0.1, -0.05) is 0 Å². The summed E-state index contributed by atoms with van der Waals surface area (Å²) in [5.41, 5.74) is -1.01. The summed E-state index contributed by atoms with van der Waals surface area (Å²) in [5.74, 6) is 0. The number of nitrogens with one attached hydrogen (secondary N) is 1. The van der Waals surface area contributed by atoms with Crippen molar-refractivity contribution in [3.8, 4) is 0 Å². The first-order valence-electron chi connectivity index (χ1n) is 4.70. The van der Waals surface area contributed by atoms with Crippen LogP contribution >= 0.6 is 0 Å². The molecule has 0 aliphatic carbocycles. The average Bonchev–Trinajstić information content (AvgIpc) is 2.02. The number of alkyl halides is 1. The maximum absolute atomic E-state index is 13.1. The van der Waals surface area contributed by atoms with E-state index >= 15 is 0 Å². The summed E-state index contributed by atoms with van der Waals surface area (Å²) in [7, 11) is 0. The highest BCUT2D eigenvalue weighted by Crippen LogP contribution is 2.14. The van der Waals surface area contributed by atoms with Gasteiger partial charge in [-0.2, -0.15) is 0 Å². The van der Waals surface area contributed by atoms with Crippen molar-refractivity contribution in [2.75, 3.05) is 32.7 Å². The summed E-state index contributed by atoms with van der Waals surface area (Å²) in [6, 6.07) is 0. The molecule has 1 saturated heterocycles. The molecule has 0 aromatic rings. The van der Waals surface area contributed by atoms with Crippen molar-refractivity contribution in [2.24, 2.45) is 0 Å². The Morgan fingerprint density at radius 2 is 1.92 bits per heavy atom. The summed E-state index contributed by atoms with van der Waals surface area (Å²) in [5, 5.41) is 3.28. The molecule has 3 heteroatoms. The SMILES string of the molecule is CC(C)(F)CCN1CCNCC1. The Labute approximate surface area is 74.1 Å². The van der Waals surface area contributed by atoms with Crippen LogP contribution in [0, 0.1) is 0 Å². The molecule has 1 N–H and O–H groups in total. The van der Waals surface area contributed by atoms with Gasteiger partial charge in [-0.05, 0) is 20.3 Å². The Kier molecular flexibility index (Phi) is 3.47. The third-order valence-corrected chi connectivity index (χ3v) is 2.23. The lowest BCUT2D eigenvalue weighted by Gasteiger charge is -2.28. The number of rotatable bonds is 3. The first-order chi connectivity index (χ1) is 5.58. The fraction of sp³-hybridized carbons (Fsp3) is 1.00. The van der Waals surface area contributed by atoms with Gasteiger partial charge in [-0.25, -0.2) is 4.39 Å². The first-order valence-corrected chi connectivity index (χ1v) is 4.70. The highest BCUT2D eigenvalue weighted by Gasteiger charge is 2.17. The molecule has 1 aliphatic rings. The van der Waals surface area contributed by atoms with Crippen molar-refractivity contribution in [1.29, 1.82) is 0 Å². The number of piperazine rings is 1. The van der Waals surface area contributed by atoms with Crippen molar-refractivity contribution in [3.05, 3.63) is 0 Å². The second-order valence-electron chi connectivity index (χ2n) is 4.06. The van der Waals surface area contributed by atoms with Crippen LogP contribution in [0.1, 0.15) is 20.3 Å². The van der Waals surface area contributed by atoms with Crippen molar-refractivity contribution in [2.45, 2.75) is 25.9 Å². The van der Waals surface area contributed by atoms with Gasteiger partial charge < -0.3 is 10.2 Å². The van der Waals surface area contributed by atoms with Crippen LogP contribution in [0.25, 0.3) is 0 Å². The molecule has 1 rings (SSSR count). The lowest BCUT2D eigenvalue weighted by Crippen LogP contribution is -2.44. The van der Waals surface area contributed by atoms with Gasteiger partial charge in [0.15, 0.2) is 0 Å². The molecule has 0 aromatic carbocycles. The summed E-state index contributed by atoms with van der Waals surface area (Å²) in [4.78, 5) is 2.32. The maximum atomic E-state index is 13.1. The second-order valence-corrected chi connectivity index (χ2v) is 4.06. The van der Waals surface area contributed by atoms with Gasteiger partial charge in [0.1, 0.15) is 5.67 Å². The third kappa shape index (κ3) is 4.02.